The lowest BCUT2D eigenvalue weighted by atomic mass is 9.89. The average Bonchev–Trinajstić information content (AvgIpc) is 3.55. The third kappa shape index (κ3) is 4.62. The number of nitrogens with zero attached hydrogens (tertiary/aromatic N) is 4. The van der Waals surface area contributed by atoms with Crippen LogP contribution in [0.4, 0.5) is 0 Å². The van der Waals surface area contributed by atoms with Crippen LogP contribution < -0.4 is 4.74 Å². The normalized spacial score (nSPS) is 12.2. The Bertz CT molecular complexity index is 1460. The standard InChI is InChI=1S/C26H25ClN6O2/c1-3-24-28-22-10-7-16(12-23(22)29-24)21(13-34)19-9-8-18(11-15(19)2)35-14-17-5-4-6-20(25(17)27)26-30-32-33-31-26/h4-12,21,34H,3,13-14H2,1-2H3,(H,28,29)(H,30,31,32,33). The fourth-order valence-electron chi connectivity index (χ4n) is 4.28. The van der Waals surface area contributed by atoms with Crippen LogP contribution in [0.2, 0.25) is 5.02 Å². The molecular weight excluding hydrogens is 464 g/mol. The highest BCUT2D eigenvalue weighted by Crippen LogP contribution is 2.32. The number of aliphatic hydroxyl groups excluding tert-OH is 1. The van der Waals surface area contributed by atoms with Gasteiger partial charge in [0.1, 0.15) is 18.2 Å². The second kappa shape index (κ2) is 9.85. The van der Waals surface area contributed by atoms with Crippen LogP contribution in [0.15, 0.2) is 54.6 Å². The summed E-state index contributed by atoms with van der Waals surface area (Å²) in [5, 5.41) is 24.8. The summed E-state index contributed by atoms with van der Waals surface area (Å²) in [7, 11) is 0. The molecule has 0 amide bonds. The maximum absolute atomic E-state index is 10.2. The molecule has 0 bridgehead atoms. The number of aromatic nitrogens is 6. The molecule has 3 aromatic carbocycles. The van der Waals surface area contributed by atoms with E-state index in [2.05, 4.69) is 43.6 Å². The van der Waals surface area contributed by atoms with Crippen LogP contribution in [-0.2, 0) is 13.0 Å². The van der Waals surface area contributed by atoms with E-state index in [1.54, 1.807) is 0 Å². The van der Waals surface area contributed by atoms with Crippen LogP contribution in [0.25, 0.3) is 22.4 Å². The first-order valence-corrected chi connectivity index (χ1v) is 11.8. The van der Waals surface area contributed by atoms with Crippen molar-refractivity contribution in [2.75, 3.05) is 6.61 Å². The largest absolute Gasteiger partial charge is 0.489 e. The van der Waals surface area contributed by atoms with Gasteiger partial charge in [0.2, 0.25) is 5.82 Å². The summed E-state index contributed by atoms with van der Waals surface area (Å²) in [4.78, 5) is 7.93. The van der Waals surface area contributed by atoms with Crippen LogP contribution in [-0.4, -0.2) is 42.3 Å². The fraction of sp³-hybridized carbons (Fsp3) is 0.231. The number of aromatic amines is 2. The van der Waals surface area contributed by atoms with E-state index in [0.29, 0.717) is 23.0 Å². The Morgan fingerprint density at radius 3 is 2.74 bits per heavy atom. The molecule has 0 aliphatic carbocycles. The van der Waals surface area contributed by atoms with Gasteiger partial charge in [-0.3, -0.25) is 0 Å². The molecule has 5 aromatic rings. The predicted molar refractivity (Wildman–Crippen MR) is 135 cm³/mol. The maximum Gasteiger partial charge on any atom is 0.206 e. The van der Waals surface area contributed by atoms with Gasteiger partial charge in [0.05, 0.1) is 22.7 Å². The summed E-state index contributed by atoms with van der Waals surface area (Å²) in [6.07, 6.45) is 0.848. The molecule has 2 heterocycles. The van der Waals surface area contributed by atoms with Gasteiger partial charge in [-0.15, -0.1) is 10.2 Å². The number of aliphatic hydroxyl groups is 1. The number of nitrogens with one attached hydrogen (secondary N) is 2. The van der Waals surface area contributed by atoms with Crippen molar-refractivity contribution in [1.29, 1.82) is 0 Å². The first-order chi connectivity index (χ1) is 17.1. The third-order valence-corrected chi connectivity index (χ3v) is 6.60. The van der Waals surface area contributed by atoms with E-state index in [9.17, 15) is 5.11 Å². The van der Waals surface area contributed by atoms with Crippen molar-refractivity contribution < 1.29 is 9.84 Å². The van der Waals surface area contributed by atoms with E-state index < -0.39 is 0 Å². The molecule has 1 unspecified atom stereocenters. The molecule has 5 rings (SSSR count). The molecule has 0 aliphatic rings. The summed E-state index contributed by atoms with van der Waals surface area (Å²) >= 11 is 6.57. The molecular formula is C26H25ClN6O2. The Labute approximate surface area is 207 Å². The number of benzene rings is 3. The van der Waals surface area contributed by atoms with Gasteiger partial charge >= 0.3 is 0 Å². The van der Waals surface area contributed by atoms with Crippen molar-refractivity contribution in [3.63, 3.8) is 0 Å². The van der Waals surface area contributed by atoms with Crippen LogP contribution in [0, 0.1) is 6.92 Å². The molecule has 0 spiro atoms. The van der Waals surface area contributed by atoms with Crippen LogP contribution in [0.5, 0.6) is 5.75 Å². The van der Waals surface area contributed by atoms with Crippen LogP contribution in [0.3, 0.4) is 0 Å². The third-order valence-electron chi connectivity index (χ3n) is 6.15. The number of imidazole rings is 1. The average molecular weight is 489 g/mol. The van der Waals surface area contributed by atoms with Gasteiger partial charge in [0.25, 0.3) is 0 Å². The number of H-pyrrole nitrogens is 2. The Balaban J connectivity index is 1.35. The predicted octanol–water partition coefficient (Wildman–Crippen LogP) is 4.97. The zero-order valence-corrected chi connectivity index (χ0v) is 20.2. The Morgan fingerprint density at radius 1 is 1.11 bits per heavy atom. The number of hydrogen-bond donors (Lipinski definition) is 3. The van der Waals surface area contributed by atoms with E-state index in [0.717, 1.165) is 51.3 Å². The summed E-state index contributed by atoms with van der Waals surface area (Å²) < 4.78 is 6.05. The first-order valence-electron chi connectivity index (χ1n) is 11.4. The quantitative estimate of drug-likeness (QED) is 0.284. The molecule has 9 heteroatoms. The second-order valence-corrected chi connectivity index (χ2v) is 8.75. The molecule has 178 valence electrons. The number of rotatable bonds is 8. The SMILES string of the molecule is CCc1nc2ccc(C(CO)c3ccc(OCc4cccc(-c5nn[nH]n5)c4Cl)cc3C)cc2[nH]1. The highest BCUT2D eigenvalue weighted by Gasteiger charge is 2.18. The number of tetrazole rings is 1. The molecule has 3 N–H and O–H groups in total. The van der Waals surface area contributed by atoms with Crippen LogP contribution >= 0.6 is 11.6 Å². The van der Waals surface area contributed by atoms with Gasteiger partial charge in [0.15, 0.2) is 0 Å². The van der Waals surface area contributed by atoms with E-state index >= 15 is 0 Å². The zero-order valence-electron chi connectivity index (χ0n) is 19.4. The highest BCUT2D eigenvalue weighted by molar-refractivity contribution is 6.34. The molecule has 0 aliphatic heterocycles. The summed E-state index contributed by atoms with van der Waals surface area (Å²) in [6, 6.07) is 17.7. The van der Waals surface area contributed by atoms with Gasteiger partial charge in [0, 0.05) is 23.5 Å². The van der Waals surface area contributed by atoms with Crippen molar-refractivity contribution in [3.05, 3.63) is 87.7 Å². The summed E-state index contributed by atoms with van der Waals surface area (Å²) in [5.74, 6) is 1.97. The van der Waals surface area contributed by atoms with Gasteiger partial charge in [-0.1, -0.05) is 42.8 Å². The van der Waals surface area contributed by atoms with Gasteiger partial charge in [-0.05, 0) is 59.2 Å². The number of ether oxygens (including phenoxy) is 1. The lowest BCUT2D eigenvalue weighted by Gasteiger charge is -2.19. The number of fused-ring (bicyclic) bond motifs is 1. The minimum absolute atomic E-state index is 0.000193. The molecule has 8 nitrogen and oxygen atoms in total. The fourth-order valence-corrected chi connectivity index (χ4v) is 4.54. The molecule has 2 aromatic heterocycles. The summed E-state index contributed by atoms with van der Waals surface area (Å²) in [5.41, 5.74) is 6.55. The van der Waals surface area contributed by atoms with Crippen LogP contribution in [0.1, 0.15) is 40.9 Å². The topological polar surface area (TPSA) is 113 Å². The number of hydrogen-bond acceptors (Lipinski definition) is 6. The molecule has 1 atom stereocenters. The second-order valence-electron chi connectivity index (χ2n) is 8.37. The van der Waals surface area contributed by atoms with Crippen molar-refractivity contribution in [2.24, 2.45) is 0 Å². The monoisotopic (exact) mass is 488 g/mol. The smallest absolute Gasteiger partial charge is 0.206 e. The lowest BCUT2D eigenvalue weighted by Crippen LogP contribution is -2.08. The van der Waals surface area contributed by atoms with E-state index in [1.165, 1.54) is 0 Å². The molecule has 35 heavy (non-hydrogen) atoms. The van der Waals surface area contributed by atoms with E-state index in [-0.39, 0.29) is 12.5 Å². The number of aryl methyl sites for hydroxylation is 2. The first kappa shape index (κ1) is 23.0. The molecule has 0 fully saturated rings. The van der Waals surface area contributed by atoms with Gasteiger partial charge < -0.3 is 14.8 Å². The van der Waals surface area contributed by atoms with E-state index in [4.69, 9.17) is 16.3 Å². The molecule has 0 radical (unpaired) electrons. The molecule has 0 saturated heterocycles. The highest BCUT2D eigenvalue weighted by atomic mass is 35.5. The minimum atomic E-state index is -0.150. The maximum atomic E-state index is 10.2. The minimum Gasteiger partial charge on any atom is -0.489 e. The number of halogens is 1. The van der Waals surface area contributed by atoms with Crippen molar-refractivity contribution in [2.45, 2.75) is 32.8 Å². The van der Waals surface area contributed by atoms with E-state index in [1.807, 2.05) is 55.5 Å². The van der Waals surface area contributed by atoms with Crippen molar-refractivity contribution in [3.8, 4) is 17.1 Å². The van der Waals surface area contributed by atoms with Crippen molar-refractivity contribution >= 4 is 22.6 Å². The Morgan fingerprint density at radius 2 is 2.00 bits per heavy atom. The summed E-state index contributed by atoms with van der Waals surface area (Å²) in [6.45, 7) is 4.39. The lowest BCUT2D eigenvalue weighted by molar-refractivity contribution is 0.280. The van der Waals surface area contributed by atoms with Gasteiger partial charge in [-0.2, -0.15) is 5.21 Å². The zero-order chi connectivity index (χ0) is 24.4. The van der Waals surface area contributed by atoms with Gasteiger partial charge in [-0.25, -0.2) is 4.98 Å². The Hall–Kier alpha value is -3.75. The Kier molecular flexibility index (Phi) is 6.48. The van der Waals surface area contributed by atoms with Crippen molar-refractivity contribution in [1.82, 2.24) is 30.6 Å². The molecule has 0 saturated carbocycles.